The van der Waals surface area contributed by atoms with Crippen molar-refractivity contribution >= 4 is 23.2 Å². The molecule has 1 aliphatic rings. The predicted molar refractivity (Wildman–Crippen MR) is 127 cm³/mol. The summed E-state index contributed by atoms with van der Waals surface area (Å²) in [7, 11) is 1.63. The molecule has 1 amide bonds. The van der Waals surface area contributed by atoms with Gasteiger partial charge in [0.1, 0.15) is 6.07 Å². The molecular formula is C25H25N5OS. The zero-order valence-corrected chi connectivity index (χ0v) is 19.3. The van der Waals surface area contributed by atoms with Crippen molar-refractivity contribution < 1.29 is 4.79 Å². The van der Waals surface area contributed by atoms with Crippen LogP contribution in [0.5, 0.6) is 0 Å². The van der Waals surface area contributed by atoms with Gasteiger partial charge < -0.3 is 5.32 Å². The molecule has 0 unspecified atom stereocenters. The van der Waals surface area contributed by atoms with Crippen LogP contribution in [0.3, 0.4) is 0 Å². The number of nitriles is 1. The highest BCUT2D eigenvalue weighted by atomic mass is 32.1. The minimum absolute atomic E-state index is 0.0793. The molecule has 0 aliphatic carbocycles. The van der Waals surface area contributed by atoms with Gasteiger partial charge in [0.25, 0.3) is 0 Å². The maximum atomic E-state index is 13.4. The van der Waals surface area contributed by atoms with Crippen molar-refractivity contribution in [3.63, 3.8) is 0 Å². The minimum Gasteiger partial charge on any atom is -0.345 e. The highest BCUT2D eigenvalue weighted by molar-refractivity contribution is 7.10. The van der Waals surface area contributed by atoms with Crippen molar-refractivity contribution in [3.05, 3.63) is 75.7 Å². The Kier molecular flexibility index (Phi) is 5.57. The molecule has 1 aliphatic heterocycles. The van der Waals surface area contributed by atoms with Crippen molar-refractivity contribution in [1.29, 1.82) is 10.7 Å². The first kappa shape index (κ1) is 21.7. The fraction of sp³-hybridized carbons (Fsp3) is 0.280. The average molecular weight is 444 g/mol. The Balaban J connectivity index is 1.79. The predicted octanol–water partition coefficient (Wildman–Crippen LogP) is 4.80. The number of aromatic nitrogens is 1. The van der Waals surface area contributed by atoms with Gasteiger partial charge in [0.15, 0.2) is 5.96 Å². The Morgan fingerprint density at radius 2 is 1.94 bits per heavy atom. The van der Waals surface area contributed by atoms with Crippen LogP contribution in [0.2, 0.25) is 0 Å². The van der Waals surface area contributed by atoms with Gasteiger partial charge in [-0.1, -0.05) is 38.1 Å². The molecule has 162 valence electrons. The van der Waals surface area contributed by atoms with E-state index >= 15 is 0 Å². The first-order chi connectivity index (χ1) is 15.2. The van der Waals surface area contributed by atoms with Crippen LogP contribution in [-0.4, -0.2) is 28.8 Å². The van der Waals surface area contributed by atoms with Crippen molar-refractivity contribution in [2.24, 2.45) is 0 Å². The molecule has 2 aromatic heterocycles. The monoisotopic (exact) mass is 443 g/mol. The maximum absolute atomic E-state index is 13.4. The Morgan fingerprint density at radius 3 is 2.59 bits per heavy atom. The van der Waals surface area contributed by atoms with E-state index in [9.17, 15) is 10.1 Å². The smallest absolute Gasteiger partial charge is 0.239 e. The second-order valence-corrected chi connectivity index (χ2v) is 9.51. The van der Waals surface area contributed by atoms with E-state index in [0.29, 0.717) is 11.5 Å². The molecule has 2 atom stereocenters. The molecule has 1 saturated heterocycles. The van der Waals surface area contributed by atoms with E-state index in [1.165, 1.54) is 28.0 Å². The summed E-state index contributed by atoms with van der Waals surface area (Å²) >= 11 is 1.53. The third kappa shape index (κ3) is 3.67. The van der Waals surface area contributed by atoms with Gasteiger partial charge in [-0.05, 0) is 47.0 Å². The van der Waals surface area contributed by atoms with E-state index < -0.39 is 11.5 Å². The van der Waals surface area contributed by atoms with Gasteiger partial charge >= 0.3 is 0 Å². The largest absolute Gasteiger partial charge is 0.345 e. The summed E-state index contributed by atoms with van der Waals surface area (Å²) < 4.78 is 0. The number of nitrogens with one attached hydrogen (secondary N) is 2. The van der Waals surface area contributed by atoms with Crippen LogP contribution in [0.25, 0.3) is 11.1 Å². The molecule has 1 fully saturated rings. The lowest BCUT2D eigenvalue weighted by atomic mass is 9.76. The number of carbonyl (C=O) groups is 1. The molecule has 3 heterocycles. The third-order valence-corrected chi connectivity index (χ3v) is 7.28. The molecule has 0 radical (unpaired) electrons. The van der Waals surface area contributed by atoms with Crippen LogP contribution in [0, 0.1) is 16.7 Å². The topological polar surface area (TPSA) is 92.9 Å². The standard InChI is InChI=1S/C25H25N5OS/c1-15(2)17-5-7-18(8-6-17)22-23(31)30(4)24(27)29-25(22,3)21-10-20(14-32-21)19-9-16(11-26)12-28-13-19/h5-10,12-15,22H,1-4H3,(H2,27,29)/t22-,25+/m0/s1. The molecule has 0 spiro atoms. The first-order valence-electron chi connectivity index (χ1n) is 10.4. The second kappa shape index (κ2) is 8.21. The number of nitrogens with zero attached hydrogens (tertiary/aromatic N) is 3. The number of pyridine rings is 1. The lowest BCUT2D eigenvalue weighted by Gasteiger charge is -2.45. The number of carbonyl (C=O) groups excluding carboxylic acids is 1. The van der Waals surface area contributed by atoms with E-state index in [2.05, 4.69) is 42.4 Å². The Labute approximate surface area is 192 Å². The fourth-order valence-electron chi connectivity index (χ4n) is 4.12. The number of rotatable bonds is 4. The minimum atomic E-state index is -0.788. The fourth-order valence-corrected chi connectivity index (χ4v) is 5.19. The molecular weight excluding hydrogens is 418 g/mol. The number of amides is 1. The lowest BCUT2D eigenvalue weighted by Crippen LogP contribution is -2.62. The van der Waals surface area contributed by atoms with E-state index in [-0.39, 0.29) is 11.9 Å². The number of likely N-dealkylation sites (N-methyl/N-ethyl adjacent to an activating group) is 1. The quantitative estimate of drug-likeness (QED) is 0.606. The van der Waals surface area contributed by atoms with Crippen molar-refractivity contribution in [2.75, 3.05) is 7.05 Å². The molecule has 6 nitrogen and oxygen atoms in total. The van der Waals surface area contributed by atoms with E-state index in [0.717, 1.165) is 21.6 Å². The van der Waals surface area contributed by atoms with Gasteiger partial charge in [0.2, 0.25) is 5.91 Å². The molecule has 1 aromatic carbocycles. The van der Waals surface area contributed by atoms with Crippen LogP contribution in [-0.2, 0) is 10.3 Å². The summed E-state index contributed by atoms with van der Waals surface area (Å²) in [6, 6.07) is 14.1. The summed E-state index contributed by atoms with van der Waals surface area (Å²) in [4.78, 5) is 19.9. The second-order valence-electron chi connectivity index (χ2n) is 8.60. The van der Waals surface area contributed by atoms with Gasteiger partial charge in [-0.25, -0.2) is 0 Å². The Hall–Kier alpha value is -3.50. The summed E-state index contributed by atoms with van der Waals surface area (Å²) in [5.74, 6) is -0.116. The zero-order valence-electron chi connectivity index (χ0n) is 18.5. The van der Waals surface area contributed by atoms with Gasteiger partial charge in [0.05, 0.1) is 17.0 Å². The average Bonchev–Trinajstić information content (AvgIpc) is 3.29. The first-order valence-corrected chi connectivity index (χ1v) is 11.3. The summed E-state index contributed by atoms with van der Waals surface area (Å²) in [5.41, 5.74) is 3.63. The van der Waals surface area contributed by atoms with Gasteiger partial charge in [-0.15, -0.1) is 11.3 Å². The van der Waals surface area contributed by atoms with Crippen LogP contribution < -0.4 is 5.32 Å². The normalized spacial score (nSPS) is 20.9. The van der Waals surface area contributed by atoms with Crippen molar-refractivity contribution in [2.45, 2.75) is 38.1 Å². The summed E-state index contributed by atoms with van der Waals surface area (Å²) in [6.07, 6.45) is 3.26. The number of benzene rings is 1. The van der Waals surface area contributed by atoms with Gasteiger partial charge in [0, 0.05) is 29.9 Å². The maximum Gasteiger partial charge on any atom is 0.239 e. The number of guanidine groups is 1. The highest BCUT2D eigenvalue weighted by Crippen LogP contribution is 2.44. The van der Waals surface area contributed by atoms with Crippen LogP contribution in [0.1, 0.15) is 54.2 Å². The molecule has 3 aromatic rings. The van der Waals surface area contributed by atoms with Crippen LogP contribution in [0.15, 0.2) is 54.2 Å². The Bertz CT molecular complexity index is 1220. The molecule has 0 bridgehead atoms. The van der Waals surface area contributed by atoms with E-state index in [1.54, 1.807) is 19.3 Å². The summed E-state index contributed by atoms with van der Waals surface area (Å²) in [6.45, 7) is 6.27. The molecule has 2 N–H and O–H groups in total. The van der Waals surface area contributed by atoms with Crippen LogP contribution >= 0.6 is 11.3 Å². The zero-order chi connectivity index (χ0) is 23.0. The van der Waals surface area contributed by atoms with Gasteiger partial charge in [-0.2, -0.15) is 5.26 Å². The van der Waals surface area contributed by atoms with Crippen LogP contribution in [0.4, 0.5) is 0 Å². The molecule has 32 heavy (non-hydrogen) atoms. The molecule has 7 heteroatoms. The number of hydrogen-bond acceptors (Lipinski definition) is 5. The highest BCUT2D eigenvalue weighted by Gasteiger charge is 2.49. The summed E-state index contributed by atoms with van der Waals surface area (Å²) in [5, 5.41) is 22.8. The lowest BCUT2D eigenvalue weighted by molar-refractivity contribution is -0.131. The molecule has 0 saturated carbocycles. The van der Waals surface area contributed by atoms with Gasteiger partial charge in [-0.3, -0.25) is 20.1 Å². The number of thiophene rings is 1. The Morgan fingerprint density at radius 1 is 1.22 bits per heavy atom. The number of hydrogen-bond donors (Lipinski definition) is 2. The van der Waals surface area contributed by atoms with Crippen molar-refractivity contribution in [3.8, 4) is 17.2 Å². The van der Waals surface area contributed by atoms with Crippen molar-refractivity contribution in [1.82, 2.24) is 15.2 Å². The third-order valence-electron chi connectivity index (χ3n) is 6.12. The molecule has 4 rings (SSSR count). The van der Waals surface area contributed by atoms with E-state index in [1.807, 2.05) is 30.5 Å². The SMILES string of the molecule is CC(C)c1ccc([C@H]2C(=O)N(C)C(=N)N[C@]2(C)c2cc(-c3cncc(C#N)c3)cs2)cc1. The van der Waals surface area contributed by atoms with E-state index in [4.69, 9.17) is 5.41 Å².